The van der Waals surface area contributed by atoms with Crippen molar-refractivity contribution in [1.82, 2.24) is 0 Å². The van der Waals surface area contributed by atoms with E-state index >= 15 is 0 Å². The number of ketones is 1. The van der Waals surface area contributed by atoms with E-state index in [1.54, 1.807) is 0 Å². The van der Waals surface area contributed by atoms with Gasteiger partial charge in [0.15, 0.2) is 5.78 Å². The summed E-state index contributed by atoms with van der Waals surface area (Å²) in [4.78, 5) is 10.5. The smallest absolute Gasteiger partial charge is 0.402 e. The molecule has 0 saturated heterocycles. The maximum absolute atomic E-state index is 10.5. The Morgan fingerprint density at radius 2 is 1.44 bits per heavy atom. The standard InChI is InChI=1S/C6H12O6.BH3O3/c7-1-3(9)5(11)6(12)4(10)2-8;2-1(3)4/h3,5-9,11-12H,1-2H2;2-4H/t3-,5-,6+;/m1./s1. The second kappa shape index (κ2) is 9.63. The van der Waals surface area contributed by atoms with E-state index in [1.807, 2.05) is 0 Å². The molecule has 0 radical (unpaired) electrons. The number of aliphatic hydroxyl groups excluding tert-OH is 5. The molecule has 0 bridgehead atoms. The predicted molar refractivity (Wildman–Crippen MR) is 49.6 cm³/mol. The summed E-state index contributed by atoms with van der Waals surface area (Å²) in [6.45, 7) is -1.69. The van der Waals surface area contributed by atoms with Crippen molar-refractivity contribution in [2.45, 2.75) is 18.3 Å². The Morgan fingerprint density at radius 3 is 1.69 bits per heavy atom. The minimum Gasteiger partial charge on any atom is -0.402 e. The Morgan fingerprint density at radius 1 is 1.06 bits per heavy atom. The van der Waals surface area contributed by atoms with Gasteiger partial charge < -0.3 is 40.6 Å². The molecule has 0 aliphatic rings. The van der Waals surface area contributed by atoms with Gasteiger partial charge in [0.05, 0.1) is 6.61 Å². The van der Waals surface area contributed by atoms with Gasteiger partial charge in [-0.2, -0.15) is 0 Å². The average molecular weight is 242 g/mol. The summed E-state index contributed by atoms with van der Waals surface area (Å²) >= 11 is 0. The van der Waals surface area contributed by atoms with E-state index in [9.17, 15) is 4.79 Å². The van der Waals surface area contributed by atoms with Gasteiger partial charge in [0, 0.05) is 0 Å². The fraction of sp³-hybridized carbons (Fsp3) is 0.833. The van der Waals surface area contributed by atoms with Gasteiger partial charge in [-0.1, -0.05) is 0 Å². The van der Waals surface area contributed by atoms with E-state index in [1.165, 1.54) is 0 Å². The Bertz CT molecular complexity index is 184. The van der Waals surface area contributed by atoms with Crippen molar-refractivity contribution in [2.24, 2.45) is 0 Å². The maximum atomic E-state index is 10.5. The topological polar surface area (TPSA) is 179 Å². The molecule has 9 nitrogen and oxygen atoms in total. The van der Waals surface area contributed by atoms with Crippen molar-refractivity contribution in [3.8, 4) is 0 Å². The quantitative estimate of drug-likeness (QED) is 0.218. The van der Waals surface area contributed by atoms with Gasteiger partial charge in [-0.25, -0.2) is 0 Å². The van der Waals surface area contributed by atoms with Gasteiger partial charge in [-0.05, 0) is 0 Å². The molecule has 0 aromatic heterocycles. The van der Waals surface area contributed by atoms with Crippen molar-refractivity contribution in [3.05, 3.63) is 0 Å². The molecule has 0 rings (SSSR count). The minimum atomic E-state index is -2.17. The third-order valence-corrected chi connectivity index (χ3v) is 1.39. The van der Waals surface area contributed by atoms with E-state index in [2.05, 4.69) is 0 Å². The third-order valence-electron chi connectivity index (χ3n) is 1.39. The first-order valence-corrected chi connectivity index (χ1v) is 4.10. The van der Waals surface area contributed by atoms with Gasteiger partial charge in [-0.3, -0.25) is 4.79 Å². The molecule has 0 amide bonds. The second-order valence-electron chi connectivity index (χ2n) is 2.66. The first-order chi connectivity index (χ1) is 7.27. The minimum absolute atomic E-state index is 0.767. The van der Waals surface area contributed by atoms with Gasteiger partial charge in [0.2, 0.25) is 0 Å². The molecule has 0 heterocycles. The predicted octanol–water partition coefficient (Wildman–Crippen LogP) is -5.43. The zero-order valence-electron chi connectivity index (χ0n) is 8.21. The number of hydrogen-bond donors (Lipinski definition) is 8. The summed E-state index contributed by atoms with van der Waals surface area (Å²) in [5.74, 6) is -1.00. The molecular weight excluding hydrogens is 227 g/mol. The normalized spacial score (nSPS) is 15.5. The Labute approximate surface area is 91.0 Å². The zero-order chi connectivity index (χ0) is 13.3. The molecule has 16 heavy (non-hydrogen) atoms. The van der Waals surface area contributed by atoms with Gasteiger partial charge in [0.25, 0.3) is 0 Å². The lowest BCUT2D eigenvalue weighted by Crippen LogP contribution is -2.44. The summed E-state index contributed by atoms with van der Waals surface area (Å²) in [7, 11) is -2.17. The lowest BCUT2D eigenvalue weighted by molar-refractivity contribution is -0.142. The van der Waals surface area contributed by atoms with Crippen molar-refractivity contribution in [3.63, 3.8) is 0 Å². The van der Waals surface area contributed by atoms with Crippen molar-refractivity contribution in [2.75, 3.05) is 13.2 Å². The van der Waals surface area contributed by atoms with Crippen molar-refractivity contribution >= 4 is 13.1 Å². The monoisotopic (exact) mass is 242 g/mol. The highest BCUT2D eigenvalue weighted by Gasteiger charge is 2.28. The van der Waals surface area contributed by atoms with Crippen molar-refractivity contribution < 1.29 is 45.4 Å². The van der Waals surface area contributed by atoms with Gasteiger partial charge in [0.1, 0.15) is 24.9 Å². The molecule has 3 atom stereocenters. The number of hydrogen-bond acceptors (Lipinski definition) is 9. The molecule has 0 aromatic rings. The van der Waals surface area contributed by atoms with Crippen LogP contribution in [0.4, 0.5) is 0 Å². The van der Waals surface area contributed by atoms with Crippen LogP contribution in [0.25, 0.3) is 0 Å². The Hall–Kier alpha value is -0.585. The van der Waals surface area contributed by atoms with Crippen LogP contribution in [0.2, 0.25) is 0 Å². The number of carbonyl (C=O) groups excluding carboxylic acids is 1. The number of Topliss-reactive ketones (excluding diaryl/α,β-unsaturated/α-hetero) is 1. The van der Waals surface area contributed by atoms with Crippen LogP contribution < -0.4 is 0 Å². The SMILES string of the molecule is O=C(CO)[C@H](O)[C@H](O)[C@H](O)CO.OB(O)O. The number of rotatable bonds is 5. The maximum Gasteiger partial charge on any atom is 0.631 e. The van der Waals surface area contributed by atoms with Crippen LogP contribution in [0.15, 0.2) is 0 Å². The van der Waals surface area contributed by atoms with E-state index in [0.717, 1.165) is 0 Å². The van der Waals surface area contributed by atoms with Crippen molar-refractivity contribution in [1.29, 1.82) is 0 Å². The average Bonchev–Trinajstić information content (AvgIpc) is 2.24. The van der Waals surface area contributed by atoms with E-state index in [-0.39, 0.29) is 0 Å². The van der Waals surface area contributed by atoms with Crippen LogP contribution in [0.5, 0.6) is 0 Å². The molecule has 0 aliphatic heterocycles. The highest BCUT2D eigenvalue weighted by atomic mass is 16.5. The van der Waals surface area contributed by atoms with Crippen LogP contribution in [-0.2, 0) is 4.79 Å². The molecule has 0 saturated carbocycles. The molecular formula is C6H15BO9. The van der Waals surface area contributed by atoms with Crippen LogP contribution in [0, 0.1) is 0 Å². The fourth-order valence-electron chi connectivity index (χ4n) is 0.602. The Balaban J connectivity index is 0. The first kappa shape index (κ1) is 17.8. The molecule has 96 valence electrons. The van der Waals surface area contributed by atoms with Crippen LogP contribution >= 0.6 is 0 Å². The molecule has 0 aromatic carbocycles. The van der Waals surface area contributed by atoms with Gasteiger partial charge in [-0.15, -0.1) is 0 Å². The number of aliphatic hydroxyl groups is 5. The third kappa shape index (κ3) is 8.70. The van der Waals surface area contributed by atoms with E-state index in [4.69, 9.17) is 40.6 Å². The summed E-state index contributed by atoms with van der Waals surface area (Å²) in [6.07, 6.45) is -5.22. The van der Waals surface area contributed by atoms with Crippen LogP contribution in [-0.4, -0.2) is 85.2 Å². The van der Waals surface area contributed by atoms with Gasteiger partial charge >= 0.3 is 7.32 Å². The highest BCUT2D eigenvalue weighted by Crippen LogP contribution is 2.00. The molecule has 0 unspecified atom stereocenters. The molecule has 0 aliphatic carbocycles. The fourth-order valence-corrected chi connectivity index (χ4v) is 0.602. The summed E-state index contributed by atoms with van der Waals surface area (Å²) in [5.41, 5.74) is 0. The zero-order valence-corrected chi connectivity index (χ0v) is 8.21. The Kier molecular flexibility index (Phi) is 10.7. The second-order valence-corrected chi connectivity index (χ2v) is 2.66. The number of carbonyl (C=O) groups is 1. The summed E-state index contributed by atoms with van der Waals surface area (Å²) < 4.78 is 0. The summed E-state index contributed by atoms with van der Waals surface area (Å²) in [6, 6.07) is 0. The first-order valence-electron chi connectivity index (χ1n) is 4.10. The molecule has 0 fully saturated rings. The largest absolute Gasteiger partial charge is 0.631 e. The van der Waals surface area contributed by atoms with E-state index in [0.29, 0.717) is 0 Å². The van der Waals surface area contributed by atoms with E-state index < -0.39 is 44.6 Å². The lowest BCUT2D eigenvalue weighted by Gasteiger charge is -2.19. The molecule has 8 N–H and O–H groups in total. The lowest BCUT2D eigenvalue weighted by atomic mass is 10.1. The molecule has 10 heteroatoms. The summed E-state index contributed by atoms with van der Waals surface area (Å²) in [5, 5.41) is 64.6. The highest BCUT2D eigenvalue weighted by molar-refractivity contribution is 6.30. The van der Waals surface area contributed by atoms with Crippen LogP contribution in [0.3, 0.4) is 0 Å². The molecule has 0 spiro atoms. The van der Waals surface area contributed by atoms with Crippen LogP contribution in [0.1, 0.15) is 0 Å².